The van der Waals surface area contributed by atoms with Crippen LogP contribution in [-0.4, -0.2) is 22.8 Å². The average Bonchev–Trinajstić information content (AvgIpc) is 2.95. The van der Waals surface area contributed by atoms with Crippen LogP contribution in [0, 0.1) is 0 Å². The zero-order valence-corrected chi connectivity index (χ0v) is 13.9. The van der Waals surface area contributed by atoms with Gasteiger partial charge in [0.1, 0.15) is 6.04 Å². The van der Waals surface area contributed by atoms with E-state index in [1.54, 1.807) is 4.90 Å². The maximum atomic E-state index is 12.7. The average molecular weight is 322 g/mol. The van der Waals surface area contributed by atoms with Gasteiger partial charge < -0.3 is 10.2 Å². The van der Waals surface area contributed by atoms with Gasteiger partial charge in [0.25, 0.3) is 5.91 Å². The Kier molecular flexibility index (Phi) is 4.94. The van der Waals surface area contributed by atoms with Crippen LogP contribution in [0.1, 0.15) is 41.3 Å². The largest absolute Gasteiger partial charge is 0.350 e. The summed E-state index contributed by atoms with van der Waals surface area (Å²) in [6.45, 7) is 3.03. The number of nitrogens with zero attached hydrogens (tertiary/aromatic N) is 1. The summed E-state index contributed by atoms with van der Waals surface area (Å²) in [6, 6.07) is 17.0. The molecular weight excluding hydrogens is 300 g/mol. The number of fused-ring (bicyclic) bond motifs is 1. The minimum Gasteiger partial charge on any atom is -0.350 e. The van der Waals surface area contributed by atoms with Crippen molar-refractivity contribution in [3.8, 4) is 0 Å². The Bertz CT molecular complexity index is 727. The summed E-state index contributed by atoms with van der Waals surface area (Å²) in [6.07, 6.45) is 1.52. The first kappa shape index (κ1) is 16.2. The van der Waals surface area contributed by atoms with E-state index in [0.717, 1.165) is 23.1 Å². The van der Waals surface area contributed by atoms with Crippen molar-refractivity contribution >= 4 is 11.8 Å². The van der Waals surface area contributed by atoms with Crippen LogP contribution >= 0.6 is 0 Å². The molecule has 2 aromatic rings. The van der Waals surface area contributed by atoms with Crippen LogP contribution in [0.5, 0.6) is 0 Å². The van der Waals surface area contributed by atoms with E-state index in [1.165, 1.54) is 0 Å². The third-order valence-electron chi connectivity index (χ3n) is 4.40. The van der Waals surface area contributed by atoms with Gasteiger partial charge in [-0.05, 0) is 23.6 Å². The van der Waals surface area contributed by atoms with Crippen LogP contribution < -0.4 is 5.32 Å². The number of carbonyl (C=O) groups excluding carboxylic acids is 2. The van der Waals surface area contributed by atoms with Gasteiger partial charge in [0, 0.05) is 18.7 Å². The number of carbonyl (C=O) groups is 2. The molecule has 1 heterocycles. The van der Waals surface area contributed by atoms with Crippen molar-refractivity contribution in [3.05, 3.63) is 71.3 Å². The van der Waals surface area contributed by atoms with Crippen LogP contribution in [0.15, 0.2) is 54.6 Å². The van der Waals surface area contributed by atoms with Crippen molar-refractivity contribution in [2.45, 2.75) is 38.9 Å². The molecule has 124 valence electrons. The Morgan fingerprint density at radius 2 is 1.83 bits per heavy atom. The van der Waals surface area contributed by atoms with Crippen molar-refractivity contribution < 1.29 is 9.59 Å². The second-order valence-corrected chi connectivity index (χ2v) is 6.10. The Hall–Kier alpha value is -2.62. The van der Waals surface area contributed by atoms with Gasteiger partial charge in [-0.1, -0.05) is 61.9 Å². The molecule has 0 bridgehead atoms. The lowest BCUT2D eigenvalue weighted by Gasteiger charge is -2.26. The number of hydrogen-bond acceptors (Lipinski definition) is 2. The molecule has 0 spiro atoms. The first-order valence-electron chi connectivity index (χ1n) is 8.41. The SMILES string of the molecule is CCC[C@@H](C(=O)NCc1ccccc1)N1Cc2ccccc2C1=O. The van der Waals surface area contributed by atoms with Gasteiger partial charge in [-0.25, -0.2) is 0 Å². The molecule has 3 rings (SSSR count). The molecule has 1 aliphatic heterocycles. The van der Waals surface area contributed by atoms with E-state index in [4.69, 9.17) is 0 Å². The molecule has 4 heteroatoms. The Morgan fingerprint density at radius 3 is 2.54 bits per heavy atom. The van der Waals surface area contributed by atoms with E-state index in [2.05, 4.69) is 5.32 Å². The molecule has 0 saturated carbocycles. The lowest BCUT2D eigenvalue weighted by atomic mass is 10.1. The molecular formula is C20H22N2O2. The number of hydrogen-bond donors (Lipinski definition) is 1. The number of amides is 2. The van der Waals surface area contributed by atoms with Crippen molar-refractivity contribution in [2.75, 3.05) is 0 Å². The molecule has 0 radical (unpaired) electrons. The van der Waals surface area contributed by atoms with Gasteiger partial charge in [0.05, 0.1) is 0 Å². The van der Waals surface area contributed by atoms with E-state index in [0.29, 0.717) is 19.5 Å². The number of nitrogens with one attached hydrogen (secondary N) is 1. The summed E-state index contributed by atoms with van der Waals surface area (Å²) in [4.78, 5) is 27.0. The summed E-state index contributed by atoms with van der Waals surface area (Å²) in [5.41, 5.74) is 2.77. The maximum absolute atomic E-state index is 12.7. The topological polar surface area (TPSA) is 49.4 Å². The van der Waals surface area contributed by atoms with Gasteiger partial charge in [0.2, 0.25) is 5.91 Å². The van der Waals surface area contributed by atoms with Crippen LogP contribution in [0.25, 0.3) is 0 Å². The lowest BCUT2D eigenvalue weighted by molar-refractivity contribution is -0.126. The summed E-state index contributed by atoms with van der Waals surface area (Å²) < 4.78 is 0. The molecule has 2 aromatic carbocycles. The van der Waals surface area contributed by atoms with E-state index in [-0.39, 0.29) is 11.8 Å². The standard InChI is InChI=1S/C20H22N2O2/c1-2-8-18(19(23)21-13-15-9-4-3-5-10-15)22-14-16-11-6-7-12-17(16)20(22)24/h3-7,9-12,18H,2,8,13-14H2,1H3,(H,21,23)/t18-/m0/s1. The van der Waals surface area contributed by atoms with Crippen molar-refractivity contribution in [1.82, 2.24) is 10.2 Å². The van der Waals surface area contributed by atoms with E-state index < -0.39 is 6.04 Å². The highest BCUT2D eigenvalue weighted by molar-refractivity contribution is 6.01. The molecule has 1 N–H and O–H groups in total. The van der Waals surface area contributed by atoms with Crippen molar-refractivity contribution in [3.63, 3.8) is 0 Å². The van der Waals surface area contributed by atoms with Crippen LogP contribution in [0.3, 0.4) is 0 Å². The molecule has 1 aliphatic rings. The maximum Gasteiger partial charge on any atom is 0.255 e. The Balaban J connectivity index is 1.71. The fraction of sp³-hybridized carbons (Fsp3) is 0.300. The van der Waals surface area contributed by atoms with E-state index in [1.807, 2.05) is 61.5 Å². The van der Waals surface area contributed by atoms with Crippen molar-refractivity contribution in [1.29, 1.82) is 0 Å². The minimum absolute atomic E-state index is 0.0427. The summed E-state index contributed by atoms with van der Waals surface area (Å²) in [5.74, 6) is -0.124. The second-order valence-electron chi connectivity index (χ2n) is 6.10. The number of benzene rings is 2. The summed E-state index contributed by atoms with van der Waals surface area (Å²) in [5, 5.41) is 2.98. The summed E-state index contributed by atoms with van der Waals surface area (Å²) in [7, 11) is 0. The predicted molar refractivity (Wildman–Crippen MR) is 93.3 cm³/mol. The van der Waals surface area contributed by atoms with E-state index in [9.17, 15) is 9.59 Å². The molecule has 0 fully saturated rings. The fourth-order valence-corrected chi connectivity index (χ4v) is 3.13. The molecule has 24 heavy (non-hydrogen) atoms. The zero-order valence-electron chi connectivity index (χ0n) is 13.9. The van der Waals surface area contributed by atoms with Gasteiger partial charge in [0.15, 0.2) is 0 Å². The van der Waals surface area contributed by atoms with Crippen LogP contribution in [-0.2, 0) is 17.9 Å². The second kappa shape index (κ2) is 7.30. The van der Waals surface area contributed by atoms with Crippen LogP contribution in [0.4, 0.5) is 0 Å². The first-order valence-corrected chi connectivity index (χ1v) is 8.41. The highest BCUT2D eigenvalue weighted by atomic mass is 16.2. The van der Waals surface area contributed by atoms with Gasteiger partial charge in [-0.2, -0.15) is 0 Å². The normalized spacial score (nSPS) is 14.4. The highest BCUT2D eigenvalue weighted by Crippen LogP contribution is 2.26. The molecule has 4 nitrogen and oxygen atoms in total. The predicted octanol–water partition coefficient (Wildman–Crippen LogP) is 3.13. The molecule has 0 aliphatic carbocycles. The minimum atomic E-state index is -0.418. The molecule has 2 amide bonds. The van der Waals surface area contributed by atoms with Gasteiger partial charge in [-0.3, -0.25) is 9.59 Å². The van der Waals surface area contributed by atoms with Crippen LogP contribution in [0.2, 0.25) is 0 Å². The third kappa shape index (κ3) is 3.32. The Morgan fingerprint density at radius 1 is 1.12 bits per heavy atom. The van der Waals surface area contributed by atoms with E-state index >= 15 is 0 Å². The fourth-order valence-electron chi connectivity index (χ4n) is 3.13. The van der Waals surface area contributed by atoms with Gasteiger partial charge in [-0.15, -0.1) is 0 Å². The third-order valence-corrected chi connectivity index (χ3v) is 4.40. The van der Waals surface area contributed by atoms with Gasteiger partial charge >= 0.3 is 0 Å². The molecule has 0 aromatic heterocycles. The summed E-state index contributed by atoms with van der Waals surface area (Å²) >= 11 is 0. The monoisotopic (exact) mass is 322 g/mol. The smallest absolute Gasteiger partial charge is 0.255 e. The zero-order chi connectivity index (χ0) is 16.9. The Labute approximate surface area is 142 Å². The molecule has 1 atom stereocenters. The highest BCUT2D eigenvalue weighted by Gasteiger charge is 2.35. The number of rotatable bonds is 6. The van der Waals surface area contributed by atoms with Crippen molar-refractivity contribution in [2.24, 2.45) is 0 Å². The first-order chi connectivity index (χ1) is 11.7. The lowest BCUT2D eigenvalue weighted by Crippen LogP contribution is -2.46. The quantitative estimate of drug-likeness (QED) is 0.888. The molecule has 0 saturated heterocycles. The molecule has 0 unspecified atom stereocenters.